The minimum Gasteiger partial charge on any atom is -0.312 e. The van der Waals surface area contributed by atoms with E-state index in [-0.39, 0.29) is 11.5 Å². The second-order valence-corrected chi connectivity index (χ2v) is 8.56. The molecule has 0 bridgehead atoms. The molecule has 2 aliphatic rings. The zero-order valence-electron chi connectivity index (χ0n) is 12.8. The molecule has 1 heterocycles. The van der Waals surface area contributed by atoms with Crippen molar-refractivity contribution in [2.24, 2.45) is 5.41 Å². The first-order valence-corrected chi connectivity index (χ1v) is 9.22. The molecule has 1 aromatic rings. The molecule has 1 aromatic carbocycles. The SMILES string of the molecule is CC1(C)CCCC1NS(=O)(=O)c1cccc2c1CCNC2. The number of benzene rings is 1. The maximum atomic E-state index is 12.8. The highest BCUT2D eigenvalue weighted by atomic mass is 32.2. The van der Waals surface area contributed by atoms with Gasteiger partial charge < -0.3 is 5.32 Å². The predicted octanol–water partition coefficient (Wildman–Crippen LogP) is 2.19. The Balaban J connectivity index is 1.92. The fourth-order valence-corrected chi connectivity index (χ4v) is 5.30. The minimum atomic E-state index is -3.43. The molecule has 0 saturated heterocycles. The highest BCUT2D eigenvalue weighted by Gasteiger charge is 2.37. The third-order valence-corrected chi connectivity index (χ3v) is 6.50. The summed E-state index contributed by atoms with van der Waals surface area (Å²) in [4.78, 5) is 0.476. The Kier molecular flexibility index (Phi) is 3.84. The summed E-state index contributed by atoms with van der Waals surface area (Å²) in [5, 5.41) is 3.29. The van der Waals surface area contributed by atoms with Gasteiger partial charge in [-0.25, -0.2) is 13.1 Å². The first-order chi connectivity index (χ1) is 9.90. The summed E-state index contributed by atoms with van der Waals surface area (Å²) in [5.41, 5.74) is 2.14. The van der Waals surface area contributed by atoms with Crippen LogP contribution >= 0.6 is 0 Å². The van der Waals surface area contributed by atoms with Crippen molar-refractivity contribution in [2.75, 3.05) is 6.54 Å². The van der Waals surface area contributed by atoms with E-state index in [0.29, 0.717) is 4.90 Å². The smallest absolute Gasteiger partial charge is 0.241 e. The maximum Gasteiger partial charge on any atom is 0.241 e. The zero-order valence-corrected chi connectivity index (χ0v) is 13.6. The van der Waals surface area contributed by atoms with E-state index >= 15 is 0 Å². The summed E-state index contributed by atoms with van der Waals surface area (Å²) in [6.45, 7) is 5.90. The summed E-state index contributed by atoms with van der Waals surface area (Å²) >= 11 is 0. The van der Waals surface area contributed by atoms with Gasteiger partial charge in [-0.1, -0.05) is 32.4 Å². The molecule has 1 aliphatic carbocycles. The van der Waals surface area contributed by atoms with Gasteiger partial charge in [0.1, 0.15) is 0 Å². The zero-order chi connectivity index (χ0) is 15.1. The summed E-state index contributed by atoms with van der Waals surface area (Å²) < 4.78 is 28.6. The van der Waals surface area contributed by atoms with E-state index in [4.69, 9.17) is 0 Å². The van der Waals surface area contributed by atoms with Gasteiger partial charge in [-0.3, -0.25) is 0 Å². The molecule has 0 amide bonds. The van der Waals surface area contributed by atoms with E-state index in [1.54, 1.807) is 6.07 Å². The van der Waals surface area contributed by atoms with Crippen molar-refractivity contribution in [3.8, 4) is 0 Å². The second kappa shape index (κ2) is 5.38. The van der Waals surface area contributed by atoms with Crippen molar-refractivity contribution in [1.82, 2.24) is 10.0 Å². The minimum absolute atomic E-state index is 0.0417. The molecule has 4 nitrogen and oxygen atoms in total. The van der Waals surface area contributed by atoms with Gasteiger partial charge in [0.25, 0.3) is 0 Å². The van der Waals surface area contributed by atoms with Gasteiger partial charge in [0.2, 0.25) is 10.0 Å². The van der Waals surface area contributed by atoms with Gasteiger partial charge in [0.05, 0.1) is 4.90 Å². The van der Waals surface area contributed by atoms with Crippen LogP contribution in [-0.2, 0) is 23.0 Å². The Morgan fingerprint density at radius 3 is 2.86 bits per heavy atom. The van der Waals surface area contributed by atoms with Crippen molar-refractivity contribution in [1.29, 1.82) is 0 Å². The third kappa shape index (κ3) is 2.87. The third-order valence-electron chi connectivity index (χ3n) is 4.94. The van der Waals surface area contributed by atoms with Crippen LogP contribution in [0.3, 0.4) is 0 Å². The van der Waals surface area contributed by atoms with E-state index < -0.39 is 10.0 Å². The molecule has 1 aliphatic heterocycles. The van der Waals surface area contributed by atoms with Crippen LogP contribution in [0.15, 0.2) is 23.1 Å². The molecule has 1 saturated carbocycles. The number of hydrogen-bond acceptors (Lipinski definition) is 3. The Bertz CT molecular complexity index is 638. The molecule has 0 aromatic heterocycles. The van der Waals surface area contributed by atoms with Crippen LogP contribution in [0, 0.1) is 5.41 Å². The molecule has 21 heavy (non-hydrogen) atoms. The van der Waals surface area contributed by atoms with E-state index in [1.165, 1.54) is 0 Å². The first kappa shape index (κ1) is 15.0. The van der Waals surface area contributed by atoms with Crippen molar-refractivity contribution >= 4 is 10.0 Å². The average Bonchev–Trinajstić information content (AvgIpc) is 2.76. The molecular formula is C16H24N2O2S. The lowest BCUT2D eigenvalue weighted by Gasteiger charge is -2.28. The lowest BCUT2D eigenvalue weighted by molar-refractivity contribution is 0.313. The van der Waals surface area contributed by atoms with Gasteiger partial charge in [0, 0.05) is 12.6 Å². The summed E-state index contributed by atoms with van der Waals surface area (Å²) in [6.07, 6.45) is 3.89. The number of fused-ring (bicyclic) bond motifs is 1. The lowest BCUT2D eigenvalue weighted by atomic mass is 9.88. The lowest BCUT2D eigenvalue weighted by Crippen LogP contribution is -2.42. The molecule has 0 radical (unpaired) electrons. The Morgan fingerprint density at radius 1 is 1.33 bits per heavy atom. The number of rotatable bonds is 3. The standard InChI is InChI=1S/C16H24N2O2S/c1-16(2)9-4-7-15(16)18-21(19,20)14-6-3-5-12-11-17-10-8-13(12)14/h3,5-6,15,17-18H,4,7-11H2,1-2H3. The largest absolute Gasteiger partial charge is 0.312 e. The van der Waals surface area contributed by atoms with E-state index in [9.17, 15) is 8.42 Å². The topological polar surface area (TPSA) is 58.2 Å². The monoisotopic (exact) mass is 308 g/mol. The van der Waals surface area contributed by atoms with Gasteiger partial charge in [-0.15, -0.1) is 0 Å². The number of nitrogens with one attached hydrogen (secondary N) is 2. The molecule has 5 heteroatoms. The quantitative estimate of drug-likeness (QED) is 0.900. The van der Waals surface area contributed by atoms with E-state index in [2.05, 4.69) is 23.9 Å². The van der Waals surface area contributed by atoms with E-state index in [1.807, 2.05) is 12.1 Å². The average molecular weight is 308 g/mol. The second-order valence-electron chi connectivity index (χ2n) is 6.88. The molecule has 0 spiro atoms. The van der Waals surface area contributed by atoms with Crippen LogP contribution in [0.1, 0.15) is 44.2 Å². The number of hydrogen-bond donors (Lipinski definition) is 2. The van der Waals surface area contributed by atoms with Crippen LogP contribution in [-0.4, -0.2) is 21.0 Å². The highest BCUT2D eigenvalue weighted by Crippen LogP contribution is 2.38. The molecule has 3 rings (SSSR count). The Labute approximate surface area is 127 Å². The van der Waals surface area contributed by atoms with Crippen LogP contribution < -0.4 is 10.0 Å². The fourth-order valence-electron chi connectivity index (χ4n) is 3.54. The van der Waals surface area contributed by atoms with Crippen molar-refractivity contribution in [2.45, 2.75) is 57.0 Å². The van der Waals surface area contributed by atoms with Crippen molar-refractivity contribution < 1.29 is 8.42 Å². The van der Waals surface area contributed by atoms with Gasteiger partial charge in [-0.05, 0) is 48.4 Å². The first-order valence-electron chi connectivity index (χ1n) is 7.74. The number of sulfonamides is 1. The maximum absolute atomic E-state index is 12.8. The normalized spacial score (nSPS) is 24.8. The van der Waals surface area contributed by atoms with Gasteiger partial charge >= 0.3 is 0 Å². The van der Waals surface area contributed by atoms with Crippen LogP contribution in [0.5, 0.6) is 0 Å². The van der Waals surface area contributed by atoms with E-state index in [0.717, 1.165) is 49.9 Å². The van der Waals surface area contributed by atoms with Crippen molar-refractivity contribution in [3.05, 3.63) is 29.3 Å². The molecule has 1 unspecified atom stereocenters. The van der Waals surface area contributed by atoms with Gasteiger partial charge in [-0.2, -0.15) is 0 Å². The van der Waals surface area contributed by atoms with Crippen LogP contribution in [0.4, 0.5) is 0 Å². The van der Waals surface area contributed by atoms with Gasteiger partial charge in [0.15, 0.2) is 0 Å². The Morgan fingerprint density at radius 2 is 2.14 bits per heavy atom. The summed E-state index contributed by atoms with van der Waals surface area (Å²) in [6, 6.07) is 5.65. The molecule has 2 N–H and O–H groups in total. The summed E-state index contributed by atoms with van der Waals surface area (Å²) in [7, 11) is -3.43. The highest BCUT2D eigenvalue weighted by molar-refractivity contribution is 7.89. The Hall–Kier alpha value is -0.910. The predicted molar refractivity (Wildman–Crippen MR) is 83.6 cm³/mol. The molecule has 1 atom stereocenters. The molecule has 116 valence electrons. The van der Waals surface area contributed by atoms with Crippen molar-refractivity contribution in [3.63, 3.8) is 0 Å². The molecular weight excluding hydrogens is 284 g/mol. The van der Waals surface area contributed by atoms with Crippen LogP contribution in [0.25, 0.3) is 0 Å². The summed E-state index contributed by atoms with van der Waals surface area (Å²) in [5.74, 6) is 0. The molecule has 1 fully saturated rings. The van der Waals surface area contributed by atoms with Crippen LogP contribution in [0.2, 0.25) is 0 Å². The fraction of sp³-hybridized carbons (Fsp3) is 0.625.